The summed E-state index contributed by atoms with van der Waals surface area (Å²) < 4.78 is 0. The van der Waals surface area contributed by atoms with Gasteiger partial charge in [-0.2, -0.15) is 0 Å². The van der Waals surface area contributed by atoms with Gasteiger partial charge in [0, 0.05) is 32.0 Å². The van der Waals surface area contributed by atoms with E-state index in [4.69, 9.17) is 0 Å². The van der Waals surface area contributed by atoms with Crippen LogP contribution in [0.5, 0.6) is 0 Å². The minimum atomic E-state index is -0.0789. The van der Waals surface area contributed by atoms with Gasteiger partial charge in [0.2, 0.25) is 0 Å². The SMILES string of the molecule is CN1CCN(C)C(C(=O)c2cncnc2)C1. The van der Waals surface area contributed by atoms with Crippen molar-refractivity contribution in [3.63, 3.8) is 0 Å². The molecule has 0 spiro atoms. The maximum atomic E-state index is 12.2. The molecule has 5 heteroatoms. The van der Waals surface area contributed by atoms with Gasteiger partial charge in [0.1, 0.15) is 6.33 Å². The topological polar surface area (TPSA) is 49.3 Å². The Balaban J connectivity index is 2.15. The number of likely N-dealkylation sites (N-methyl/N-ethyl adjacent to an activating group) is 2. The molecule has 86 valence electrons. The number of hydrogen-bond donors (Lipinski definition) is 0. The third kappa shape index (κ3) is 2.25. The highest BCUT2D eigenvalue weighted by Gasteiger charge is 2.29. The molecule has 1 aliphatic heterocycles. The maximum absolute atomic E-state index is 12.2. The first-order valence-corrected chi connectivity index (χ1v) is 5.36. The molecule has 1 unspecified atom stereocenters. The molecule has 0 saturated carbocycles. The second-order valence-electron chi connectivity index (χ2n) is 4.25. The Kier molecular flexibility index (Phi) is 3.26. The van der Waals surface area contributed by atoms with E-state index >= 15 is 0 Å². The first kappa shape index (κ1) is 11.2. The zero-order chi connectivity index (χ0) is 11.5. The van der Waals surface area contributed by atoms with Gasteiger partial charge in [-0.25, -0.2) is 9.97 Å². The average molecular weight is 220 g/mol. The van der Waals surface area contributed by atoms with Crippen LogP contribution < -0.4 is 0 Å². The van der Waals surface area contributed by atoms with Gasteiger partial charge in [-0.05, 0) is 14.1 Å². The molecule has 0 radical (unpaired) electrons. The first-order chi connectivity index (χ1) is 7.68. The van der Waals surface area contributed by atoms with Crippen molar-refractivity contribution in [2.75, 3.05) is 33.7 Å². The highest BCUT2D eigenvalue weighted by atomic mass is 16.1. The summed E-state index contributed by atoms with van der Waals surface area (Å²) in [7, 11) is 4.02. The molecule has 1 atom stereocenters. The molecule has 0 aliphatic carbocycles. The number of nitrogens with zero attached hydrogens (tertiary/aromatic N) is 4. The number of hydrogen-bond acceptors (Lipinski definition) is 5. The summed E-state index contributed by atoms with van der Waals surface area (Å²) in [6, 6.07) is -0.0789. The first-order valence-electron chi connectivity index (χ1n) is 5.36. The van der Waals surface area contributed by atoms with Crippen molar-refractivity contribution >= 4 is 5.78 Å². The van der Waals surface area contributed by atoms with Crippen molar-refractivity contribution in [2.24, 2.45) is 0 Å². The number of Topliss-reactive ketones (excluding diaryl/α,β-unsaturated/α-hetero) is 1. The molecule has 16 heavy (non-hydrogen) atoms. The molecule has 2 heterocycles. The number of rotatable bonds is 2. The molecule has 1 saturated heterocycles. The Morgan fingerprint density at radius 2 is 2.00 bits per heavy atom. The van der Waals surface area contributed by atoms with Crippen LogP contribution in [0, 0.1) is 0 Å². The largest absolute Gasteiger partial charge is 0.303 e. The molecular weight excluding hydrogens is 204 g/mol. The second-order valence-corrected chi connectivity index (χ2v) is 4.25. The van der Waals surface area contributed by atoms with Gasteiger partial charge in [0.25, 0.3) is 0 Å². The number of ketones is 1. The van der Waals surface area contributed by atoms with Crippen LogP contribution in [-0.4, -0.2) is 65.3 Å². The Morgan fingerprint density at radius 3 is 2.69 bits per heavy atom. The third-order valence-corrected chi connectivity index (χ3v) is 3.00. The van der Waals surface area contributed by atoms with Crippen LogP contribution in [0.3, 0.4) is 0 Å². The normalized spacial score (nSPS) is 23.2. The zero-order valence-electron chi connectivity index (χ0n) is 9.63. The summed E-state index contributed by atoms with van der Waals surface area (Å²) in [5.41, 5.74) is 0.592. The number of carbonyl (C=O) groups is 1. The quantitative estimate of drug-likeness (QED) is 0.652. The maximum Gasteiger partial charge on any atom is 0.184 e. The van der Waals surface area contributed by atoms with E-state index in [1.54, 1.807) is 12.4 Å². The fraction of sp³-hybridized carbons (Fsp3) is 0.545. The summed E-state index contributed by atoms with van der Waals surface area (Å²) in [6.45, 7) is 2.69. The average Bonchev–Trinajstić information content (AvgIpc) is 2.32. The molecule has 0 bridgehead atoms. The van der Waals surface area contributed by atoms with Crippen LogP contribution in [0.15, 0.2) is 18.7 Å². The van der Waals surface area contributed by atoms with E-state index < -0.39 is 0 Å². The fourth-order valence-corrected chi connectivity index (χ4v) is 1.91. The molecule has 1 aliphatic rings. The van der Waals surface area contributed by atoms with Crippen molar-refractivity contribution in [2.45, 2.75) is 6.04 Å². The molecule has 0 amide bonds. The smallest absolute Gasteiger partial charge is 0.184 e. The summed E-state index contributed by atoms with van der Waals surface area (Å²) >= 11 is 0. The van der Waals surface area contributed by atoms with Gasteiger partial charge in [0.15, 0.2) is 5.78 Å². The lowest BCUT2D eigenvalue weighted by Crippen LogP contribution is -2.53. The van der Waals surface area contributed by atoms with Gasteiger partial charge in [-0.1, -0.05) is 0 Å². The van der Waals surface area contributed by atoms with Gasteiger partial charge in [-0.15, -0.1) is 0 Å². The van der Waals surface area contributed by atoms with E-state index in [1.165, 1.54) is 6.33 Å². The van der Waals surface area contributed by atoms with E-state index in [-0.39, 0.29) is 11.8 Å². The summed E-state index contributed by atoms with van der Waals surface area (Å²) in [5.74, 6) is 0.106. The van der Waals surface area contributed by atoms with Gasteiger partial charge in [0.05, 0.1) is 11.6 Å². The molecule has 5 nitrogen and oxygen atoms in total. The monoisotopic (exact) mass is 220 g/mol. The second kappa shape index (κ2) is 4.67. The summed E-state index contributed by atoms with van der Waals surface area (Å²) in [5, 5.41) is 0. The van der Waals surface area contributed by atoms with E-state index in [9.17, 15) is 4.79 Å². The molecule has 1 aromatic rings. The van der Waals surface area contributed by atoms with E-state index in [0.717, 1.165) is 19.6 Å². The number of aromatic nitrogens is 2. The third-order valence-electron chi connectivity index (χ3n) is 3.00. The number of piperazine rings is 1. The molecule has 0 N–H and O–H groups in total. The fourth-order valence-electron chi connectivity index (χ4n) is 1.91. The molecule has 1 aromatic heterocycles. The van der Waals surface area contributed by atoms with E-state index in [0.29, 0.717) is 5.56 Å². The lowest BCUT2D eigenvalue weighted by molar-refractivity contribution is 0.0685. The predicted octanol–water partition coefficient (Wildman–Crippen LogP) is -0.0949. The Bertz CT molecular complexity index is 368. The van der Waals surface area contributed by atoms with E-state index in [2.05, 4.69) is 19.8 Å². The Morgan fingerprint density at radius 1 is 1.31 bits per heavy atom. The minimum Gasteiger partial charge on any atom is -0.303 e. The van der Waals surface area contributed by atoms with E-state index in [1.807, 2.05) is 14.1 Å². The van der Waals surface area contributed by atoms with Gasteiger partial charge >= 0.3 is 0 Å². The van der Waals surface area contributed by atoms with Crippen molar-refractivity contribution in [3.8, 4) is 0 Å². The summed E-state index contributed by atoms with van der Waals surface area (Å²) in [6.07, 6.45) is 4.60. The highest BCUT2D eigenvalue weighted by molar-refractivity contribution is 5.99. The van der Waals surface area contributed by atoms with Crippen molar-refractivity contribution in [3.05, 3.63) is 24.3 Å². The molecule has 1 fully saturated rings. The van der Waals surface area contributed by atoms with Crippen molar-refractivity contribution in [1.82, 2.24) is 19.8 Å². The van der Waals surface area contributed by atoms with Gasteiger partial charge in [-0.3, -0.25) is 9.69 Å². The van der Waals surface area contributed by atoms with Crippen LogP contribution in [-0.2, 0) is 0 Å². The number of carbonyl (C=O) groups excluding carboxylic acids is 1. The lowest BCUT2D eigenvalue weighted by atomic mass is 10.0. The van der Waals surface area contributed by atoms with Crippen LogP contribution in [0.2, 0.25) is 0 Å². The van der Waals surface area contributed by atoms with Crippen LogP contribution in [0.1, 0.15) is 10.4 Å². The molecule has 2 rings (SSSR count). The van der Waals surface area contributed by atoms with Gasteiger partial charge < -0.3 is 4.90 Å². The molecule has 0 aromatic carbocycles. The zero-order valence-corrected chi connectivity index (χ0v) is 9.63. The van der Waals surface area contributed by atoms with Crippen LogP contribution in [0.25, 0.3) is 0 Å². The van der Waals surface area contributed by atoms with Crippen LogP contribution >= 0.6 is 0 Å². The van der Waals surface area contributed by atoms with Crippen LogP contribution in [0.4, 0.5) is 0 Å². The van der Waals surface area contributed by atoms with Crippen molar-refractivity contribution in [1.29, 1.82) is 0 Å². The standard InChI is InChI=1S/C11H16N4O/c1-14-3-4-15(2)10(7-14)11(16)9-5-12-8-13-6-9/h5-6,8,10H,3-4,7H2,1-2H3. The highest BCUT2D eigenvalue weighted by Crippen LogP contribution is 2.11. The minimum absolute atomic E-state index is 0.0789. The molecular formula is C11H16N4O. The summed E-state index contributed by atoms with van der Waals surface area (Å²) in [4.78, 5) is 24.2. The Labute approximate surface area is 95.1 Å². The van der Waals surface area contributed by atoms with Crippen molar-refractivity contribution < 1.29 is 4.79 Å². The predicted molar refractivity (Wildman–Crippen MR) is 60.3 cm³/mol. The Hall–Kier alpha value is -1.33. The lowest BCUT2D eigenvalue weighted by Gasteiger charge is -2.36.